The Bertz CT molecular complexity index is 240. The molecule has 2 aliphatic rings. The van der Waals surface area contributed by atoms with Crippen LogP contribution in [0.3, 0.4) is 0 Å². The number of urea groups is 1. The van der Waals surface area contributed by atoms with Crippen molar-refractivity contribution < 1.29 is 4.79 Å². The van der Waals surface area contributed by atoms with E-state index in [2.05, 4.69) is 27.9 Å². The quantitative estimate of drug-likeness (QED) is 0.639. The maximum Gasteiger partial charge on any atom is 0.316 e. The molecule has 0 aromatic rings. The monoisotopic (exact) mass is 226 g/mol. The van der Waals surface area contributed by atoms with Crippen LogP contribution in [0.25, 0.3) is 0 Å². The summed E-state index contributed by atoms with van der Waals surface area (Å²) in [6.07, 6.45) is 4.84. The van der Waals surface area contributed by atoms with E-state index in [9.17, 15) is 4.79 Å². The van der Waals surface area contributed by atoms with Gasteiger partial charge in [0.1, 0.15) is 0 Å². The Labute approximate surface area is 96.9 Å². The normalized spacial score (nSPS) is 30.6. The summed E-state index contributed by atoms with van der Waals surface area (Å²) in [6.45, 7) is 2.90. The standard InChI is InChI=1S/C11H22N4O/c1-15-7-3-5-10(15)14-11(16)13-8-9-4-2-6-12-9/h9-10,12H,2-8H2,1H3,(H2,13,14,16). The highest BCUT2D eigenvalue weighted by atomic mass is 16.2. The first-order chi connectivity index (χ1) is 7.75. The molecule has 2 amide bonds. The van der Waals surface area contributed by atoms with E-state index in [-0.39, 0.29) is 12.2 Å². The lowest BCUT2D eigenvalue weighted by Gasteiger charge is -2.21. The number of hydrogen-bond donors (Lipinski definition) is 3. The lowest BCUT2D eigenvalue weighted by atomic mass is 10.2. The molecule has 0 aromatic heterocycles. The topological polar surface area (TPSA) is 56.4 Å². The van der Waals surface area contributed by atoms with Crippen molar-refractivity contribution in [2.75, 3.05) is 26.7 Å². The summed E-state index contributed by atoms with van der Waals surface area (Å²) in [5.74, 6) is 0. The van der Waals surface area contributed by atoms with Crippen LogP contribution in [0.5, 0.6) is 0 Å². The van der Waals surface area contributed by atoms with Gasteiger partial charge in [-0.2, -0.15) is 0 Å². The van der Waals surface area contributed by atoms with E-state index >= 15 is 0 Å². The predicted molar refractivity (Wildman–Crippen MR) is 63.2 cm³/mol. The predicted octanol–water partition coefficient (Wildman–Crippen LogP) is 0.0893. The molecule has 16 heavy (non-hydrogen) atoms. The smallest absolute Gasteiger partial charge is 0.316 e. The van der Waals surface area contributed by atoms with Crippen LogP contribution in [0.1, 0.15) is 25.7 Å². The number of carbonyl (C=O) groups is 1. The molecule has 0 saturated carbocycles. The number of nitrogens with one attached hydrogen (secondary N) is 3. The highest BCUT2D eigenvalue weighted by molar-refractivity contribution is 5.74. The van der Waals surface area contributed by atoms with Gasteiger partial charge in [0.05, 0.1) is 6.17 Å². The second-order valence-corrected chi connectivity index (χ2v) is 4.79. The molecule has 2 aliphatic heterocycles. The van der Waals surface area contributed by atoms with Crippen LogP contribution in [0.4, 0.5) is 4.79 Å². The van der Waals surface area contributed by atoms with E-state index in [4.69, 9.17) is 0 Å². The van der Waals surface area contributed by atoms with E-state index in [1.165, 1.54) is 19.3 Å². The second-order valence-electron chi connectivity index (χ2n) is 4.79. The molecule has 92 valence electrons. The molecule has 3 N–H and O–H groups in total. The summed E-state index contributed by atoms with van der Waals surface area (Å²) in [5.41, 5.74) is 0. The Morgan fingerprint density at radius 2 is 2.31 bits per heavy atom. The summed E-state index contributed by atoms with van der Waals surface area (Å²) >= 11 is 0. The SMILES string of the molecule is CN1CCCC1NC(=O)NCC1CCCN1. The van der Waals surface area contributed by atoms with Crippen LogP contribution in [0.15, 0.2) is 0 Å². The Morgan fingerprint density at radius 1 is 1.44 bits per heavy atom. The van der Waals surface area contributed by atoms with Crippen LogP contribution < -0.4 is 16.0 Å². The minimum atomic E-state index is -0.0348. The van der Waals surface area contributed by atoms with E-state index < -0.39 is 0 Å². The van der Waals surface area contributed by atoms with Crippen molar-refractivity contribution in [1.82, 2.24) is 20.9 Å². The summed E-state index contributed by atoms with van der Waals surface area (Å²) in [7, 11) is 2.05. The Hall–Kier alpha value is -0.810. The number of likely N-dealkylation sites (tertiary alicyclic amines) is 1. The Balaban J connectivity index is 1.63. The molecule has 2 unspecified atom stereocenters. The molecule has 5 heteroatoms. The summed E-state index contributed by atoms with van der Waals surface area (Å²) in [4.78, 5) is 13.8. The number of hydrogen-bond acceptors (Lipinski definition) is 3. The summed E-state index contributed by atoms with van der Waals surface area (Å²) in [5, 5.41) is 9.29. The van der Waals surface area contributed by atoms with Gasteiger partial charge in [-0.15, -0.1) is 0 Å². The van der Waals surface area contributed by atoms with Crippen molar-refractivity contribution in [1.29, 1.82) is 0 Å². The van der Waals surface area contributed by atoms with Crippen LogP contribution in [0.2, 0.25) is 0 Å². The molecule has 2 atom stereocenters. The van der Waals surface area contributed by atoms with Gasteiger partial charge in [-0.1, -0.05) is 0 Å². The maximum absolute atomic E-state index is 11.6. The van der Waals surface area contributed by atoms with Gasteiger partial charge in [0.2, 0.25) is 0 Å². The Kier molecular flexibility index (Phi) is 4.01. The van der Waals surface area contributed by atoms with Crippen molar-refractivity contribution in [2.24, 2.45) is 0 Å². The van der Waals surface area contributed by atoms with Crippen LogP contribution in [-0.2, 0) is 0 Å². The van der Waals surface area contributed by atoms with Gasteiger partial charge >= 0.3 is 6.03 Å². The van der Waals surface area contributed by atoms with Crippen LogP contribution >= 0.6 is 0 Å². The lowest BCUT2D eigenvalue weighted by molar-refractivity contribution is 0.216. The minimum absolute atomic E-state index is 0.0348. The molecular weight excluding hydrogens is 204 g/mol. The molecule has 0 aliphatic carbocycles. The van der Waals surface area contributed by atoms with Gasteiger partial charge in [-0.3, -0.25) is 4.90 Å². The highest BCUT2D eigenvalue weighted by Crippen LogP contribution is 2.11. The van der Waals surface area contributed by atoms with Crippen molar-refractivity contribution in [3.8, 4) is 0 Å². The van der Waals surface area contributed by atoms with Crippen molar-refractivity contribution in [3.05, 3.63) is 0 Å². The average molecular weight is 226 g/mol. The van der Waals surface area contributed by atoms with Gasteiger partial charge < -0.3 is 16.0 Å². The van der Waals surface area contributed by atoms with Gasteiger partial charge in [-0.05, 0) is 45.8 Å². The maximum atomic E-state index is 11.6. The minimum Gasteiger partial charge on any atom is -0.337 e. The van der Waals surface area contributed by atoms with Crippen LogP contribution in [0, 0.1) is 0 Å². The zero-order valence-corrected chi connectivity index (χ0v) is 9.96. The summed E-state index contributed by atoms with van der Waals surface area (Å²) < 4.78 is 0. The third kappa shape index (κ3) is 3.09. The second kappa shape index (κ2) is 5.50. The van der Waals surface area contributed by atoms with Crippen molar-refractivity contribution >= 4 is 6.03 Å². The number of amides is 2. The molecule has 0 aromatic carbocycles. The largest absolute Gasteiger partial charge is 0.337 e. The fourth-order valence-electron chi connectivity index (χ4n) is 2.44. The summed E-state index contributed by atoms with van der Waals surface area (Å²) in [6, 6.07) is 0.430. The fraction of sp³-hybridized carbons (Fsp3) is 0.909. The molecule has 2 rings (SSSR count). The first kappa shape index (κ1) is 11.7. The molecule has 0 spiro atoms. The van der Waals surface area contributed by atoms with E-state index in [0.29, 0.717) is 6.04 Å². The third-order valence-corrected chi connectivity index (χ3v) is 3.49. The lowest BCUT2D eigenvalue weighted by Crippen LogP contribution is -2.49. The van der Waals surface area contributed by atoms with Crippen molar-refractivity contribution in [3.63, 3.8) is 0 Å². The third-order valence-electron chi connectivity index (χ3n) is 3.49. The van der Waals surface area contributed by atoms with Gasteiger partial charge in [0, 0.05) is 12.6 Å². The van der Waals surface area contributed by atoms with E-state index in [1.54, 1.807) is 0 Å². The van der Waals surface area contributed by atoms with E-state index in [1.807, 2.05) is 0 Å². The van der Waals surface area contributed by atoms with Crippen LogP contribution in [-0.4, -0.2) is 49.8 Å². The molecular formula is C11H22N4O. The zero-order valence-electron chi connectivity index (χ0n) is 9.96. The molecule has 0 bridgehead atoms. The highest BCUT2D eigenvalue weighted by Gasteiger charge is 2.22. The average Bonchev–Trinajstić information content (AvgIpc) is 2.88. The fourth-order valence-corrected chi connectivity index (χ4v) is 2.44. The number of rotatable bonds is 3. The molecule has 2 fully saturated rings. The van der Waals surface area contributed by atoms with Crippen molar-refractivity contribution in [2.45, 2.75) is 37.9 Å². The van der Waals surface area contributed by atoms with E-state index in [0.717, 1.165) is 26.1 Å². The zero-order chi connectivity index (χ0) is 11.4. The van der Waals surface area contributed by atoms with Gasteiger partial charge in [0.15, 0.2) is 0 Å². The first-order valence-electron chi connectivity index (χ1n) is 6.23. The molecule has 2 saturated heterocycles. The molecule has 2 heterocycles. The Morgan fingerprint density at radius 3 is 2.94 bits per heavy atom. The molecule has 5 nitrogen and oxygen atoms in total. The number of carbonyl (C=O) groups excluding carboxylic acids is 1. The number of nitrogens with zero attached hydrogens (tertiary/aromatic N) is 1. The van der Waals surface area contributed by atoms with Gasteiger partial charge in [-0.25, -0.2) is 4.79 Å². The first-order valence-corrected chi connectivity index (χ1v) is 6.23. The van der Waals surface area contributed by atoms with Gasteiger partial charge in [0.25, 0.3) is 0 Å². The molecule has 0 radical (unpaired) electrons.